The standard InChI is InChI=1S/C20H22ClN3O2S/c1-13-9-10-19(14(2)11-13)27(25,26)23-20-15(3)22-24(16(20)4)12-17-7-5-6-8-18(17)21/h5-11,23H,12H2,1-4H3. The highest BCUT2D eigenvalue weighted by Crippen LogP contribution is 2.26. The summed E-state index contributed by atoms with van der Waals surface area (Å²) in [6.07, 6.45) is 0. The molecule has 2 aromatic carbocycles. The molecule has 0 fully saturated rings. The molecular formula is C20H22ClN3O2S. The van der Waals surface area contributed by atoms with Crippen molar-refractivity contribution in [2.75, 3.05) is 4.72 Å². The van der Waals surface area contributed by atoms with Crippen LogP contribution in [0, 0.1) is 27.7 Å². The maximum Gasteiger partial charge on any atom is 0.262 e. The molecule has 1 heterocycles. The van der Waals surface area contributed by atoms with Gasteiger partial charge >= 0.3 is 0 Å². The van der Waals surface area contributed by atoms with Crippen LogP contribution in [0.3, 0.4) is 0 Å². The van der Waals surface area contributed by atoms with E-state index in [4.69, 9.17) is 11.6 Å². The normalized spacial score (nSPS) is 11.6. The Balaban J connectivity index is 1.94. The summed E-state index contributed by atoms with van der Waals surface area (Å²) in [6, 6.07) is 12.8. The third kappa shape index (κ3) is 4.01. The first-order valence-corrected chi connectivity index (χ1v) is 10.4. The van der Waals surface area contributed by atoms with E-state index in [-0.39, 0.29) is 4.90 Å². The van der Waals surface area contributed by atoms with Gasteiger partial charge in [0.25, 0.3) is 10.0 Å². The maximum atomic E-state index is 12.9. The van der Waals surface area contributed by atoms with Crippen molar-refractivity contribution in [1.82, 2.24) is 9.78 Å². The van der Waals surface area contributed by atoms with Crippen LogP contribution in [0.15, 0.2) is 47.4 Å². The van der Waals surface area contributed by atoms with Crippen LogP contribution in [0.25, 0.3) is 0 Å². The van der Waals surface area contributed by atoms with Gasteiger partial charge < -0.3 is 0 Å². The number of rotatable bonds is 5. The first kappa shape index (κ1) is 19.5. The van der Waals surface area contributed by atoms with Crippen LogP contribution in [-0.4, -0.2) is 18.2 Å². The quantitative estimate of drug-likeness (QED) is 0.676. The second-order valence-electron chi connectivity index (χ2n) is 6.67. The Morgan fingerprint density at radius 1 is 1.07 bits per heavy atom. The van der Waals surface area contributed by atoms with Crippen LogP contribution >= 0.6 is 11.6 Å². The summed E-state index contributed by atoms with van der Waals surface area (Å²) in [4.78, 5) is 0.269. The molecule has 0 aliphatic rings. The summed E-state index contributed by atoms with van der Waals surface area (Å²) in [5.74, 6) is 0. The van der Waals surface area contributed by atoms with Crippen LogP contribution in [0.1, 0.15) is 28.1 Å². The van der Waals surface area contributed by atoms with Crippen LogP contribution in [0.4, 0.5) is 5.69 Å². The molecule has 0 atom stereocenters. The molecule has 0 bridgehead atoms. The SMILES string of the molecule is Cc1ccc(S(=O)(=O)Nc2c(C)nn(Cc3ccccc3Cl)c2C)c(C)c1. The van der Waals surface area contributed by atoms with Crippen molar-refractivity contribution >= 4 is 27.3 Å². The molecule has 27 heavy (non-hydrogen) atoms. The maximum absolute atomic E-state index is 12.9. The number of aromatic nitrogens is 2. The lowest BCUT2D eigenvalue weighted by atomic mass is 10.2. The molecule has 0 unspecified atom stereocenters. The summed E-state index contributed by atoms with van der Waals surface area (Å²) < 4.78 is 30.2. The number of hydrogen-bond donors (Lipinski definition) is 1. The predicted octanol–water partition coefficient (Wildman–Crippen LogP) is 4.62. The number of halogens is 1. The van der Waals surface area contributed by atoms with E-state index in [9.17, 15) is 8.42 Å². The van der Waals surface area contributed by atoms with Gasteiger partial charge in [0, 0.05) is 5.02 Å². The van der Waals surface area contributed by atoms with E-state index in [0.29, 0.717) is 28.5 Å². The van der Waals surface area contributed by atoms with Crippen molar-refractivity contribution in [3.8, 4) is 0 Å². The molecule has 1 N–H and O–H groups in total. The number of nitrogens with zero attached hydrogens (tertiary/aromatic N) is 2. The third-order valence-electron chi connectivity index (χ3n) is 4.52. The van der Waals surface area contributed by atoms with Crippen molar-refractivity contribution in [1.29, 1.82) is 0 Å². The van der Waals surface area contributed by atoms with E-state index in [2.05, 4.69) is 9.82 Å². The number of sulfonamides is 1. The van der Waals surface area contributed by atoms with Gasteiger partial charge in [0.15, 0.2) is 0 Å². The molecule has 0 radical (unpaired) electrons. The Bertz CT molecular complexity index is 1100. The van der Waals surface area contributed by atoms with Crippen molar-refractivity contribution in [3.63, 3.8) is 0 Å². The molecule has 0 saturated carbocycles. The zero-order chi connectivity index (χ0) is 19.8. The topological polar surface area (TPSA) is 64.0 Å². The highest BCUT2D eigenvalue weighted by atomic mass is 35.5. The van der Waals surface area contributed by atoms with Gasteiger partial charge in [0.2, 0.25) is 0 Å². The number of nitrogens with one attached hydrogen (secondary N) is 1. The third-order valence-corrected chi connectivity index (χ3v) is 6.39. The molecule has 0 aliphatic heterocycles. The summed E-state index contributed by atoms with van der Waals surface area (Å²) in [5.41, 5.74) is 4.51. The Morgan fingerprint density at radius 2 is 1.78 bits per heavy atom. The second kappa shape index (κ2) is 7.37. The fourth-order valence-corrected chi connectivity index (χ4v) is 4.68. The van der Waals surface area contributed by atoms with Crippen molar-refractivity contribution in [3.05, 3.63) is 75.6 Å². The van der Waals surface area contributed by atoms with E-state index in [1.54, 1.807) is 30.7 Å². The monoisotopic (exact) mass is 403 g/mol. The molecule has 3 aromatic rings. The number of benzene rings is 2. The number of hydrogen-bond acceptors (Lipinski definition) is 3. The van der Waals surface area contributed by atoms with Crippen molar-refractivity contribution < 1.29 is 8.42 Å². The largest absolute Gasteiger partial charge is 0.276 e. The first-order chi connectivity index (χ1) is 12.7. The number of anilines is 1. The highest BCUT2D eigenvalue weighted by molar-refractivity contribution is 7.92. The van der Waals surface area contributed by atoms with Gasteiger partial charge in [-0.15, -0.1) is 0 Å². The van der Waals surface area contributed by atoms with E-state index >= 15 is 0 Å². The second-order valence-corrected chi connectivity index (χ2v) is 8.73. The van der Waals surface area contributed by atoms with Crippen LogP contribution < -0.4 is 4.72 Å². The molecule has 0 spiro atoms. The van der Waals surface area contributed by atoms with Gasteiger partial charge in [-0.25, -0.2) is 8.42 Å². The van der Waals surface area contributed by atoms with E-state index < -0.39 is 10.0 Å². The van der Waals surface area contributed by atoms with E-state index in [1.807, 2.05) is 44.2 Å². The average Bonchev–Trinajstić information content (AvgIpc) is 2.84. The van der Waals surface area contributed by atoms with Crippen molar-refractivity contribution in [2.45, 2.75) is 39.1 Å². The summed E-state index contributed by atoms with van der Waals surface area (Å²) in [5, 5.41) is 5.15. The zero-order valence-electron chi connectivity index (χ0n) is 15.7. The highest BCUT2D eigenvalue weighted by Gasteiger charge is 2.21. The zero-order valence-corrected chi connectivity index (χ0v) is 17.3. The van der Waals surface area contributed by atoms with Gasteiger partial charge in [-0.2, -0.15) is 5.10 Å². The Kier molecular flexibility index (Phi) is 5.31. The van der Waals surface area contributed by atoms with Gasteiger partial charge in [0.05, 0.1) is 28.5 Å². The fourth-order valence-electron chi connectivity index (χ4n) is 3.08. The minimum atomic E-state index is -3.70. The lowest BCUT2D eigenvalue weighted by molar-refractivity contribution is 0.600. The lowest BCUT2D eigenvalue weighted by Crippen LogP contribution is -2.15. The molecular weight excluding hydrogens is 382 g/mol. The minimum Gasteiger partial charge on any atom is -0.276 e. The van der Waals surface area contributed by atoms with Crippen molar-refractivity contribution in [2.24, 2.45) is 0 Å². The molecule has 0 aliphatic carbocycles. The fraction of sp³-hybridized carbons (Fsp3) is 0.250. The van der Waals surface area contributed by atoms with E-state index in [1.165, 1.54) is 0 Å². The first-order valence-electron chi connectivity index (χ1n) is 8.56. The Morgan fingerprint density at radius 3 is 2.44 bits per heavy atom. The lowest BCUT2D eigenvalue weighted by Gasteiger charge is -2.12. The average molecular weight is 404 g/mol. The van der Waals surface area contributed by atoms with Crippen LogP contribution in [-0.2, 0) is 16.6 Å². The molecule has 3 rings (SSSR count). The molecule has 1 aromatic heterocycles. The molecule has 142 valence electrons. The van der Waals surface area contributed by atoms with E-state index in [0.717, 1.165) is 16.8 Å². The Hall–Kier alpha value is -2.31. The molecule has 0 amide bonds. The van der Waals surface area contributed by atoms with Gasteiger partial charge in [0.1, 0.15) is 0 Å². The van der Waals surface area contributed by atoms with Crippen LogP contribution in [0.2, 0.25) is 5.02 Å². The minimum absolute atomic E-state index is 0.269. The summed E-state index contributed by atoms with van der Waals surface area (Å²) >= 11 is 6.24. The Labute approximate surface area is 165 Å². The van der Waals surface area contributed by atoms with Gasteiger partial charge in [-0.3, -0.25) is 9.40 Å². The van der Waals surface area contributed by atoms with Gasteiger partial charge in [-0.1, -0.05) is 47.5 Å². The smallest absolute Gasteiger partial charge is 0.262 e. The predicted molar refractivity (Wildman–Crippen MR) is 109 cm³/mol. The molecule has 7 heteroatoms. The summed E-state index contributed by atoms with van der Waals surface area (Å²) in [7, 11) is -3.70. The van der Waals surface area contributed by atoms with Gasteiger partial charge in [-0.05, 0) is 51.0 Å². The number of aryl methyl sites for hydroxylation is 3. The molecule has 5 nitrogen and oxygen atoms in total. The summed E-state index contributed by atoms with van der Waals surface area (Å²) in [6.45, 7) is 7.83. The van der Waals surface area contributed by atoms with Crippen LogP contribution in [0.5, 0.6) is 0 Å². The molecule has 0 saturated heterocycles.